The maximum absolute atomic E-state index is 12.7. The average molecular weight is 466 g/mol. The van der Waals surface area contributed by atoms with Gasteiger partial charge in [-0.05, 0) is 45.9 Å². The summed E-state index contributed by atoms with van der Waals surface area (Å²) < 4.78 is 11.2. The molecular formula is C22H35N5O4S. The first kappa shape index (κ1) is 24.4. The SMILES string of the molecule is CSc1nccc(N2CCC(N(C)C(=O)OC3CCN(C(=O)OC(C)(C)C)CC3)CC2)n1. The van der Waals surface area contributed by atoms with Crippen molar-refractivity contribution in [1.82, 2.24) is 19.8 Å². The van der Waals surface area contributed by atoms with Crippen molar-refractivity contribution in [2.24, 2.45) is 0 Å². The van der Waals surface area contributed by atoms with E-state index in [9.17, 15) is 9.59 Å². The van der Waals surface area contributed by atoms with Gasteiger partial charge in [0.1, 0.15) is 17.5 Å². The molecule has 0 unspecified atom stereocenters. The van der Waals surface area contributed by atoms with E-state index in [4.69, 9.17) is 9.47 Å². The van der Waals surface area contributed by atoms with Crippen LogP contribution in [-0.4, -0.2) is 89.2 Å². The van der Waals surface area contributed by atoms with Crippen LogP contribution in [0.2, 0.25) is 0 Å². The number of carbonyl (C=O) groups is 2. The molecule has 9 nitrogen and oxygen atoms in total. The van der Waals surface area contributed by atoms with Gasteiger partial charge in [0.15, 0.2) is 5.16 Å². The van der Waals surface area contributed by atoms with Gasteiger partial charge in [-0.25, -0.2) is 19.6 Å². The summed E-state index contributed by atoms with van der Waals surface area (Å²) in [5.41, 5.74) is -0.511. The van der Waals surface area contributed by atoms with E-state index in [0.717, 1.165) is 36.9 Å². The summed E-state index contributed by atoms with van der Waals surface area (Å²) >= 11 is 1.53. The summed E-state index contributed by atoms with van der Waals surface area (Å²) in [5, 5.41) is 0.767. The molecule has 0 radical (unpaired) electrons. The second-order valence-electron chi connectivity index (χ2n) is 9.28. The fraction of sp³-hybridized carbons (Fsp3) is 0.727. The molecule has 0 saturated carbocycles. The smallest absolute Gasteiger partial charge is 0.410 e. The van der Waals surface area contributed by atoms with Crippen molar-refractivity contribution in [3.05, 3.63) is 12.3 Å². The lowest BCUT2D eigenvalue weighted by Gasteiger charge is -2.38. The second-order valence-corrected chi connectivity index (χ2v) is 10.1. The lowest BCUT2D eigenvalue weighted by atomic mass is 10.0. The lowest BCUT2D eigenvalue weighted by Crippen LogP contribution is -2.48. The van der Waals surface area contributed by atoms with Crippen molar-refractivity contribution in [2.45, 2.75) is 69.4 Å². The van der Waals surface area contributed by atoms with E-state index >= 15 is 0 Å². The molecule has 3 rings (SSSR count). The quantitative estimate of drug-likeness (QED) is 0.492. The molecule has 1 aromatic heterocycles. The molecule has 0 bridgehead atoms. The summed E-state index contributed by atoms with van der Waals surface area (Å²) in [6, 6.07) is 2.07. The largest absolute Gasteiger partial charge is 0.446 e. The Morgan fingerprint density at radius 1 is 1.12 bits per heavy atom. The minimum absolute atomic E-state index is 0.141. The number of aromatic nitrogens is 2. The number of ether oxygens (including phenoxy) is 2. The molecule has 0 aromatic carbocycles. The number of carbonyl (C=O) groups excluding carboxylic acids is 2. The summed E-state index contributed by atoms with van der Waals surface area (Å²) in [6.45, 7) is 8.30. The maximum atomic E-state index is 12.7. The summed E-state index contributed by atoms with van der Waals surface area (Å²) in [4.78, 5) is 39.4. The highest BCUT2D eigenvalue weighted by Gasteiger charge is 2.31. The van der Waals surface area contributed by atoms with E-state index in [-0.39, 0.29) is 24.3 Å². The predicted molar refractivity (Wildman–Crippen MR) is 124 cm³/mol. The van der Waals surface area contributed by atoms with Gasteiger partial charge in [-0.1, -0.05) is 11.8 Å². The third-order valence-corrected chi connectivity index (χ3v) is 6.35. The van der Waals surface area contributed by atoms with E-state index in [1.807, 2.05) is 40.1 Å². The normalized spacial score (nSPS) is 18.4. The molecule has 0 aliphatic carbocycles. The Morgan fingerprint density at radius 2 is 1.78 bits per heavy atom. The number of amides is 2. The van der Waals surface area contributed by atoms with Crippen LogP contribution >= 0.6 is 11.8 Å². The first-order chi connectivity index (χ1) is 15.2. The van der Waals surface area contributed by atoms with Gasteiger partial charge >= 0.3 is 12.2 Å². The molecule has 2 fully saturated rings. The van der Waals surface area contributed by atoms with E-state index in [1.165, 1.54) is 11.8 Å². The van der Waals surface area contributed by atoms with Gasteiger partial charge in [-0.2, -0.15) is 0 Å². The van der Waals surface area contributed by atoms with E-state index < -0.39 is 5.60 Å². The Kier molecular flexibility index (Phi) is 8.08. The van der Waals surface area contributed by atoms with Crippen molar-refractivity contribution < 1.29 is 19.1 Å². The first-order valence-electron chi connectivity index (χ1n) is 11.2. The summed E-state index contributed by atoms with van der Waals surface area (Å²) in [6.07, 6.45) is 5.97. The van der Waals surface area contributed by atoms with Crippen LogP contribution in [0.3, 0.4) is 0 Å². The number of thioether (sulfide) groups is 1. The fourth-order valence-electron chi connectivity index (χ4n) is 3.95. The van der Waals surface area contributed by atoms with Crippen molar-refractivity contribution in [2.75, 3.05) is 44.4 Å². The second kappa shape index (κ2) is 10.6. The van der Waals surface area contributed by atoms with Gasteiger partial charge < -0.3 is 24.2 Å². The number of piperidine rings is 2. The van der Waals surface area contributed by atoms with Crippen LogP contribution in [0.15, 0.2) is 17.4 Å². The molecule has 0 spiro atoms. The number of likely N-dealkylation sites (tertiary alicyclic amines) is 1. The van der Waals surface area contributed by atoms with E-state index in [0.29, 0.717) is 25.9 Å². The molecule has 178 valence electrons. The zero-order chi connectivity index (χ0) is 23.3. The highest BCUT2D eigenvalue weighted by Crippen LogP contribution is 2.23. The monoisotopic (exact) mass is 465 g/mol. The van der Waals surface area contributed by atoms with E-state index in [2.05, 4.69) is 14.9 Å². The van der Waals surface area contributed by atoms with Crippen LogP contribution in [-0.2, 0) is 9.47 Å². The molecule has 32 heavy (non-hydrogen) atoms. The zero-order valence-corrected chi connectivity index (χ0v) is 20.6. The van der Waals surface area contributed by atoms with Gasteiger partial charge in [0, 0.05) is 58.3 Å². The Hall–Kier alpha value is -2.23. The van der Waals surface area contributed by atoms with Crippen molar-refractivity contribution in [1.29, 1.82) is 0 Å². The molecule has 0 atom stereocenters. The molecule has 2 amide bonds. The molecule has 1 aromatic rings. The topological polar surface area (TPSA) is 88.1 Å². The minimum atomic E-state index is -0.511. The third kappa shape index (κ3) is 6.63. The third-order valence-electron chi connectivity index (χ3n) is 5.79. The fourth-order valence-corrected chi connectivity index (χ4v) is 4.30. The van der Waals surface area contributed by atoms with Crippen molar-refractivity contribution in [3.63, 3.8) is 0 Å². The van der Waals surface area contributed by atoms with Gasteiger partial charge in [-0.15, -0.1) is 0 Å². The van der Waals surface area contributed by atoms with Crippen molar-refractivity contribution >= 4 is 29.8 Å². The molecule has 3 heterocycles. The number of nitrogens with zero attached hydrogens (tertiary/aromatic N) is 5. The van der Waals surface area contributed by atoms with E-state index in [1.54, 1.807) is 16.0 Å². The molecular weight excluding hydrogens is 430 g/mol. The molecule has 10 heteroatoms. The van der Waals surface area contributed by atoms with Gasteiger partial charge in [0.25, 0.3) is 0 Å². The number of rotatable bonds is 4. The average Bonchev–Trinajstić information content (AvgIpc) is 2.78. The van der Waals surface area contributed by atoms with Crippen LogP contribution in [0.1, 0.15) is 46.5 Å². The Balaban J connectivity index is 1.42. The van der Waals surface area contributed by atoms with Gasteiger partial charge in [-0.3, -0.25) is 0 Å². The zero-order valence-electron chi connectivity index (χ0n) is 19.7. The Bertz CT molecular complexity index is 787. The number of hydrogen-bond donors (Lipinski definition) is 0. The standard InChI is InChI=1S/C22H35N5O4S/c1-22(2,3)31-21(29)27-14-9-17(10-15-27)30-20(28)25(4)16-7-12-26(13-8-16)18-6-11-23-19(24-18)32-5/h6,11,16-17H,7-10,12-15H2,1-5H3. The van der Waals surface area contributed by atoms with Crippen molar-refractivity contribution in [3.8, 4) is 0 Å². The lowest BCUT2D eigenvalue weighted by molar-refractivity contribution is -0.000125. The van der Waals surface area contributed by atoms with Crippen LogP contribution in [0.25, 0.3) is 0 Å². The van der Waals surface area contributed by atoms with Crippen LogP contribution < -0.4 is 4.90 Å². The van der Waals surface area contributed by atoms with Crippen LogP contribution in [0, 0.1) is 0 Å². The minimum Gasteiger partial charge on any atom is -0.446 e. The first-order valence-corrected chi connectivity index (χ1v) is 12.4. The Labute approximate surface area is 194 Å². The molecule has 2 aliphatic heterocycles. The van der Waals surface area contributed by atoms with Gasteiger partial charge in [0.05, 0.1) is 0 Å². The Morgan fingerprint density at radius 3 is 2.38 bits per heavy atom. The van der Waals surface area contributed by atoms with Crippen LogP contribution in [0.4, 0.5) is 15.4 Å². The maximum Gasteiger partial charge on any atom is 0.410 e. The highest BCUT2D eigenvalue weighted by atomic mass is 32.2. The number of anilines is 1. The molecule has 2 saturated heterocycles. The predicted octanol–water partition coefficient (Wildman–Crippen LogP) is 3.64. The highest BCUT2D eigenvalue weighted by molar-refractivity contribution is 7.98. The summed E-state index contributed by atoms with van der Waals surface area (Å²) in [7, 11) is 1.81. The molecule has 2 aliphatic rings. The van der Waals surface area contributed by atoms with Gasteiger partial charge in [0.2, 0.25) is 0 Å². The number of hydrogen-bond acceptors (Lipinski definition) is 8. The van der Waals surface area contributed by atoms with Crippen LogP contribution in [0.5, 0.6) is 0 Å². The molecule has 0 N–H and O–H groups in total. The summed E-state index contributed by atoms with van der Waals surface area (Å²) in [5.74, 6) is 0.935.